The quantitative estimate of drug-likeness (QED) is 0.809. The van der Waals surface area contributed by atoms with E-state index in [1.807, 2.05) is 20.8 Å². The number of aromatic nitrogens is 1. The van der Waals surface area contributed by atoms with E-state index in [-0.39, 0.29) is 11.9 Å². The summed E-state index contributed by atoms with van der Waals surface area (Å²) in [7, 11) is 0. The van der Waals surface area contributed by atoms with Crippen LogP contribution in [0.5, 0.6) is 0 Å². The Balaban J connectivity index is 2.77. The Kier molecular flexibility index (Phi) is 4.23. The second kappa shape index (κ2) is 5.23. The molecule has 0 spiro atoms. The zero-order valence-corrected chi connectivity index (χ0v) is 10.1. The first-order valence-electron chi connectivity index (χ1n) is 5.05. The van der Waals surface area contributed by atoms with E-state index < -0.39 is 0 Å². The Bertz CT molecular complexity index is 348. The third kappa shape index (κ3) is 3.00. The summed E-state index contributed by atoms with van der Waals surface area (Å²) in [5.41, 5.74) is 6.25. The molecule has 1 heterocycles. The van der Waals surface area contributed by atoms with Gasteiger partial charge in [0.2, 0.25) is 0 Å². The summed E-state index contributed by atoms with van der Waals surface area (Å²) in [6.45, 7) is 6.22. The van der Waals surface area contributed by atoms with Crippen LogP contribution in [0.15, 0.2) is 0 Å². The molecular weight excluding hydrogens is 210 g/mol. The lowest BCUT2D eigenvalue weighted by atomic mass is 10.3. The summed E-state index contributed by atoms with van der Waals surface area (Å²) in [6, 6.07) is 0.00377. The molecule has 1 rings (SSSR count). The molecule has 84 valence electrons. The van der Waals surface area contributed by atoms with Crippen molar-refractivity contribution in [3.05, 3.63) is 15.6 Å². The number of nitrogens with two attached hydrogens (primary N) is 1. The standard InChI is InChI=1S/C10H17N3OS/c1-4-8-13-7(3)9(15-8)10(14)12-6(2)5-11/h6H,4-5,11H2,1-3H3,(H,12,14)/t6-/m1/s1. The Hall–Kier alpha value is -0.940. The van der Waals surface area contributed by atoms with Crippen molar-refractivity contribution < 1.29 is 4.79 Å². The number of nitrogens with one attached hydrogen (secondary N) is 1. The monoisotopic (exact) mass is 227 g/mol. The van der Waals surface area contributed by atoms with Crippen LogP contribution in [0.4, 0.5) is 0 Å². The SMILES string of the molecule is CCc1nc(C)c(C(=O)N[C@H](C)CN)s1. The highest BCUT2D eigenvalue weighted by molar-refractivity contribution is 7.13. The zero-order chi connectivity index (χ0) is 11.4. The lowest BCUT2D eigenvalue weighted by Gasteiger charge is -2.09. The number of carbonyl (C=O) groups excluding carboxylic acids is 1. The molecule has 0 unspecified atom stereocenters. The molecule has 0 aliphatic rings. The molecule has 3 N–H and O–H groups in total. The van der Waals surface area contributed by atoms with Crippen molar-refractivity contribution in [1.29, 1.82) is 0 Å². The first-order valence-corrected chi connectivity index (χ1v) is 5.87. The Morgan fingerprint density at radius 2 is 2.33 bits per heavy atom. The van der Waals surface area contributed by atoms with Crippen LogP contribution in [0, 0.1) is 6.92 Å². The number of carbonyl (C=O) groups is 1. The zero-order valence-electron chi connectivity index (χ0n) is 9.33. The molecule has 0 aromatic carbocycles. The fourth-order valence-electron chi connectivity index (χ4n) is 1.16. The largest absolute Gasteiger partial charge is 0.348 e. The van der Waals surface area contributed by atoms with Gasteiger partial charge in [-0.15, -0.1) is 11.3 Å². The highest BCUT2D eigenvalue weighted by Gasteiger charge is 2.15. The number of hydrogen-bond acceptors (Lipinski definition) is 4. The van der Waals surface area contributed by atoms with Gasteiger partial charge in [0.05, 0.1) is 10.7 Å². The van der Waals surface area contributed by atoms with E-state index in [0.29, 0.717) is 11.4 Å². The molecule has 5 heteroatoms. The molecule has 0 saturated heterocycles. The third-order valence-corrected chi connectivity index (χ3v) is 3.38. The van der Waals surface area contributed by atoms with Crippen molar-refractivity contribution in [2.75, 3.05) is 6.54 Å². The predicted molar refractivity (Wildman–Crippen MR) is 62.2 cm³/mol. The van der Waals surface area contributed by atoms with Crippen LogP contribution in [-0.2, 0) is 6.42 Å². The smallest absolute Gasteiger partial charge is 0.263 e. The highest BCUT2D eigenvalue weighted by Crippen LogP contribution is 2.18. The van der Waals surface area contributed by atoms with Crippen LogP contribution in [0.2, 0.25) is 0 Å². The minimum absolute atomic E-state index is 0.00377. The third-order valence-electron chi connectivity index (χ3n) is 2.08. The van der Waals surface area contributed by atoms with Crippen LogP contribution in [0.3, 0.4) is 0 Å². The van der Waals surface area contributed by atoms with Gasteiger partial charge < -0.3 is 11.1 Å². The molecule has 1 amide bonds. The lowest BCUT2D eigenvalue weighted by Crippen LogP contribution is -2.37. The number of aryl methyl sites for hydroxylation is 2. The molecule has 0 radical (unpaired) electrons. The Morgan fingerprint density at radius 3 is 2.80 bits per heavy atom. The van der Waals surface area contributed by atoms with Crippen LogP contribution in [0.1, 0.15) is 34.2 Å². The summed E-state index contributed by atoms with van der Waals surface area (Å²) in [6.07, 6.45) is 0.866. The minimum atomic E-state index is -0.0670. The van der Waals surface area contributed by atoms with Crippen LogP contribution < -0.4 is 11.1 Å². The van der Waals surface area contributed by atoms with Gasteiger partial charge in [-0.3, -0.25) is 4.79 Å². The normalized spacial score (nSPS) is 12.5. The van der Waals surface area contributed by atoms with Crippen molar-refractivity contribution in [3.8, 4) is 0 Å². The van der Waals surface area contributed by atoms with E-state index in [1.165, 1.54) is 11.3 Å². The lowest BCUT2D eigenvalue weighted by molar-refractivity contribution is 0.0944. The molecule has 4 nitrogen and oxygen atoms in total. The van der Waals surface area contributed by atoms with E-state index >= 15 is 0 Å². The minimum Gasteiger partial charge on any atom is -0.348 e. The number of rotatable bonds is 4. The second-order valence-electron chi connectivity index (χ2n) is 3.49. The summed E-state index contributed by atoms with van der Waals surface area (Å²) in [5, 5.41) is 3.83. The van der Waals surface area contributed by atoms with Crippen molar-refractivity contribution in [2.45, 2.75) is 33.2 Å². The van der Waals surface area contributed by atoms with Gasteiger partial charge in [0.15, 0.2) is 0 Å². The van der Waals surface area contributed by atoms with Gasteiger partial charge in [0.1, 0.15) is 4.88 Å². The van der Waals surface area contributed by atoms with Gasteiger partial charge in [-0.05, 0) is 20.3 Å². The Labute approximate surface area is 93.9 Å². The molecule has 0 fully saturated rings. The fraction of sp³-hybridized carbons (Fsp3) is 0.600. The molecule has 0 aliphatic carbocycles. The van der Waals surface area contributed by atoms with Gasteiger partial charge in [-0.2, -0.15) is 0 Å². The topological polar surface area (TPSA) is 68.0 Å². The van der Waals surface area contributed by atoms with Crippen molar-refractivity contribution in [1.82, 2.24) is 10.3 Å². The summed E-state index contributed by atoms with van der Waals surface area (Å²) in [4.78, 5) is 16.8. The summed E-state index contributed by atoms with van der Waals surface area (Å²) in [5.74, 6) is -0.0670. The summed E-state index contributed by atoms with van der Waals surface area (Å²) < 4.78 is 0. The molecular formula is C10H17N3OS. The van der Waals surface area contributed by atoms with Gasteiger partial charge in [0, 0.05) is 12.6 Å². The van der Waals surface area contributed by atoms with Gasteiger partial charge in [0.25, 0.3) is 5.91 Å². The number of thiazole rings is 1. The first-order chi connectivity index (χ1) is 7.08. The molecule has 0 aliphatic heterocycles. The van der Waals surface area contributed by atoms with Gasteiger partial charge in [-0.1, -0.05) is 6.92 Å². The first kappa shape index (κ1) is 12.1. The second-order valence-corrected chi connectivity index (χ2v) is 4.57. The highest BCUT2D eigenvalue weighted by atomic mass is 32.1. The maximum absolute atomic E-state index is 11.8. The average molecular weight is 227 g/mol. The maximum atomic E-state index is 11.8. The molecule has 1 aromatic rings. The number of hydrogen-bond donors (Lipinski definition) is 2. The molecule has 0 saturated carbocycles. The van der Waals surface area contributed by atoms with Crippen molar-refractivity contribution >= 4 is 17.2 Å². The number of amides is 1. The fourth-order valence-corrected chi connectivity index (χ4v) is 2.07. The molecule has 0 bridgehead atoms. The van der Waals surface area contributed by atoms with Crippen LogP contribution >= 0.6 is 11.3 Å². The molecule has 15 heavy (non-hydrogen) atoms. The van der Waals surface area contributed by atoms with E-state index in [4.69, 9.17) is 5.73 Å². The van der Waals surface area contributed by atoms with Gasteiger partial charge >= 0.3 is 0 Å². The molecule has 1 atom stereocenters. The van der Waals surface area contributed by atoms with E-state index in [2.05, 4.69) is 10.3 Å². The number of nitrogens with zero attached hydrogens (tertiary/aromatic N) is 1. The van der Waals surface area contributed by atoms with Crippen molar-refractivity contribution in [3.63, 3.8) is 0 Å². The van der Waals surface area contributed by atoms with E-state index in [9.17, 15) is 4.79 Å². The van der Waals surface area contributed by atoms with E-state index in [1.54, 1.807) is 0 Å². The Morgan fingerprint density at radius 1 is 1.67 bits per heavy atom. The summed E-state index contributed by atoms with van der Waals surface area (Å²) >= 11 is 1.46. The predicted octanol–water partition coefficient (Wildman–Crippen LogP) is 1.09. The van der Waals surface area contributed by atoms with E-state index in [0.717, 1.165) is 17.1 Å². The average Bonchev–Trinajstić information content (AvgIpc) is 2.59. The van der Waals surface area contributed by atoms with Crippen LogP contribution in [-0.4, -0.2) is 23.5 Å². The maximum Gasteiger partial charge on any atom is 0.263 e. The van der Waals surface area contributed by atoms with Crippen LogP contribution in [0.25, 0.3) is 0 Å². The van der Waals surface area contributed by atoms with Crippen molar-refractivity contribution in [2.24, 2.45) is 5.73 Å². The molecule has 1 aromatic heterocycles. The van der Waals surface area contributed by atoms with Gasteiger partial charge in [-0.25, -0.2) is 4.98 Å².